The Morgan fingerprint density at radius 2 is 2.50 bits per heavy atom. The predicted molar refractivity (Wildman–Crippen MR) is 55.4 cm³/mol. The molecule has 3 atom stereocenters. The summed E-state index contributed by atoms with van der Waals surface area (Å²) in [6, 6.07) is 0. The van der Waals surface area contributed by atoms with Crippen molar-refractivity contribution in [2.75, 3.05) is 6.61 Å². The molecule has 1 saturated carbocycles. The van der Waals surface area contributed by atoms with E-state index in [1.165, 1.54) is 12.2 Å². The topological polar surface area (TPSA) is 75.6 Å². The van der Waals surface area contributed by atoms with E-state index in [9.17, 15) is 14.7 Å². The minimum Gasteiger partial charge on any atom is -0.445 e. The summed E-state index contributed by atoms with van der Waals surface area (Å²) in [7, 11) is 0. The van der Waals surface area contributed by atoms with Crippen LogP contribution in [-0.2, 0) is 9.53 Å². The molecule has 0 aromatic carbocycles. The molecule has 0 aromatic rings. The van der Waals surface area contributed by atoms with Gasteiger partial charge in [-0.3, -0.25) is 10.1 Å². The number of aliphatic hydroxyl groups excluding tert-OH is 1. The van der Waals surface area contributed by atoms with Crippen molar-refractivity contribution in [1.29, 1.82) is 0 Å². The summed E-state index contributed by atoms with van der Waals surface area (Å²) in [5, 5.41) is 12.1. The Kier molecular flexibility index (Phi) is 2.78. The number of ketones is 1. The van der Waals surface area contributed by atoms with Crippen molar-refractivity contribution in [3.05, 3.63) is 24.4 Å². The van der Waals surface area contributed by atoms with E-state index in [-0.39, 0.29) is 29.9 Å². The van der Waals surface area contributed by atoms with Gasteiger partial charge in [0.05, 0.1) is 11.8 Å². The summed E-state index contributed by atoms with van der Waals surface area (Å²) < 4.78 is 4.69. The molecule has 0 spiro atoms. The van der Waals surface area contributed by atoms with E-state index in [1.54, 1.807) is 0 Å². The second-order valence-corrected chi connectivity index (χ2v) is 3.97. The van der Waals surface area contributed by atoms with E-state index in [2.05, 4.69) is 11.9 Å². The van der Waals surface area contributed by atoms with Gasteiger partial charge in [0.25, 0.3) is 0 Å². The molecule has 2 aliphatic rings. The van der Waals surface area contributed by atoms with E-state index >= 15 is 0 Å². The summed E-state index contributed by atoms with van der Waals surface area (Å²) in [4.78, 5) is 22.6. The third-order valence-corrected chi connectivity index (χ3v) is 2.81. The molecule has 0 aromatic heterocycles. The lowest BCUT2D eigenvalue weighted by Crippen LogP contribution is -2.35. The van der Waals surface area contributed by atoms with Crippen LogP contribution in [0, 0.1) is 11.8 Å². The molecule has 2 aliphatic carbocycles. The number of fused-ring (bicyclic) bond motifs is 1. The van der Waals surface area contributed by atoms with Crippen molar-refractivity contribution in [2.24, 2.45) is 11.8 Å². The summed E-state index contributed by atoms with van der Waals surface area (Å²) in [6.45, 7) is 3.49. The number of carbonyl (C=O) groups excluding carboxylic acids is 2. The summed E-state index contributed by atoms with van der Waals surface area (Å²) in [5.41, 5.74) is 0.234. The molecule has 86 valence electrons. The molecule has 1 amide bonds. The van der Waals surface area contributed by atoms with Gasteiger partial charge in [-0.1, -0.05) is 12.7 Å². The van der Waals surface area contributed by atoms with Crippen molar-refractivity contribution in [3.8, 4) is 0 Å². The van der Waals surface area contributed by atoms with Gasteiger partial charge in [0.15, 0.2) is 5.78 Å². The van der Waals surface area contributed by atoms with Crippen molar-refractivity contribution >= 4 is 11.9 Å². The molecule has 0 heterocycles. The zero-order valence-electron chi connectivity index (χ0n) is 8.68. The molecule has 0 bridgehead atoms. The van der Waals surface area contributed by atoms with Crippen LogP contribution < -0.4 is 5.32 Å². The molecule has 1 fully saturated rings. The SMILES string of the molecule is C=CCOC(=O)NC1=CC(=O)[C@H]2C[C@H]2[C@H]1O. The molecule has 0 radical (unpaired) electrons. The fraction of sp³-hybridized carbons (Fsp3) is 0.455. The molecule has 0 saturated heterocycles. The quantitative estimate of drug-likeness (QED) is 0.677. The number of rotatable bonds is 3. The number of alkyl carbamates (subject to hydrolysis) is 1. The van der Waals surface area contributed by atoms with Gasteiger partial charge in [-0.05, 0) is 6.42 Å². The molecule has 0 unspecified atom stereocenters. The van der Waals surface area contributed by atoms with Crippen LogP contribution in [0.3, 0.4) is 0 Å². The first-order chi connectivity index (χ1) is 7.63. The van der Waals surface area contributed by atoms with Crippen LogP contribution in [-0.4, -0.2) is 29.7 Å². The van der Waals surface area contributed by atoms with Gasteiger partial charge < -0.3 is 9.84 Å². The third kappa shape index (κ3) is 1.99. The Hall–Kier alpha value is -1.62. The van der Waals surface area contributed by atoms with Crippen LogP contribution in [0.4, 0.5) is 4.79 Å². The van der Waals surface area contributed by atoms with Gasteiger partial charge in [-0.2, -0.15) is 0 Å². The highest BCUT2D eigenvalue weighted by molar-refractivity contribution is 5.96. The minimum absolute atomic E-state index is 0.0330. The van der Waals surface area contributed by atoms with Crippen LogP contribution in [0.5, 0.6) is 0 Å². The Balaban J connectivity index is 1.96. The summed E-state index contributed by atoms with van der Waals surface area (Å²) in [5.74, 6) is -0.119. The van der Waals surface area contributed by atoms with Crippen LogP contribution in [0.1, 0.15) is 6.42 Å². The molecule has 16 heavy (non-hydrogen) atoms. The second-order valence-electron chi connectivity index (χ2n) is 3.97. The predicted octanol–water partition coefficient (Wildman–Crippen LogP) is 0.362. The maximum Gasteiger partial charge on any atom is 0.411 e. The maximum absolute atomic E-state index is 11.4. The normalized spacial score (nSPS) is 31.2. The first kappa shape index (κ1) is 10.9. The lowest BCUT2D eigenvalue weighted by atomic mass is 10.0. The van der Waals surface area contributed by atoms with Gasteiger partial charge in [0.1, 0.15) is 6.61 Å². The Labute approximate surface area is 92.8 Å². The molecular weight excluding hydrogens is 210 g/mol. The van der Waals surface area contributed by atoms with Crippen molar-refractivity contribution in [1.82, 2.24) is 5.32 Å². The number of hydrogen-bond donors (Lipinski definition) is 2. The molecule has 5 nitrogen and oxygen atoms in total. The first-order valence-corrected chi connectivity index (χ1v) is 5.11. The Bertz CT molecular complexity index is 374. The molecule has 5 heteroatoms. The lowest BCUT2D eigenvalue weighted by Gasteiger charge is -2.18. The smallest absolute Gasteiger partial charge is 0.411 e. The van der Waals surface area contributed by atoms with Gasteiger partial charge in [-0.15, -0.1) is 0 Å². The van der Waals surface area contributed by atoms with Gasteiger partial charge in [-0.25, -0.2) is 4.79 Å². The molecule has 2 rings (SSSR count). The van der Waals surface area contributed by atoms with E-state index in [0.717, 1.165) is 0 Å². The number of aliphatic hydroxyl groups is 1. The second kappa shape index (κ2) is 4.09. The number of nitrogens with one attached hydrogen (secondary N) is 1. The highest BCUT2D eigenvalue weighted by Gasteiger charge is 2.51. The molecule has 0 aliphatic heterocycles. The standard InChI is InChI=1S/C11H13NO4/c1-2-3-16-11(15)12-8-5-9(13)6-4-7(6)10(8)14/h2,5-7,10,14H,1,3-4H2,(H,12,15)/t6-,7+,10+/m0/s1. The molecular formula is C11H13NO4. The Morgan fingerprint density at radius 1 is 1.75 bits per heavy atom. The highest BCUT2D eigenvalue weighted by atomic mass is 16.5. The van der Waals surface area contributed by atoms with E-state index < -0.39 is 12.2 Å². The fourth-order valence-electron chi connectivity index (χ4n) is 1.87. The van der Waals surface area contributed by atoms with E-state index in [4.69, 9.17) is 4.74 Å². The van der Waals surface area contributed by atoms with Gasteiger partial charge in [0, 0.05) is 17.9 Å². The van der Waals surface area contributed by atoms with Gasteiger partial charge in [0.2, 0.25) is 0 Å². The summed E-state index contributed by atoms with van der Waals surface area (Å²) in [6.07, 6.45) is 1.97. The number of amides is 1. The van der Waals surface area contributed by atoms with Crippen LogP contribution in [0.15, 0.2) is 24.4 Å². The average molecular weight is 223 g/mol. The number of hydrogen-bond acceptors (Lipinski definition) is 4. The van der Waals surface area contributed by atoms with Crippen molar-refractivity contribution < 1.29 is 19.4 Å². The first-order valence-electron chi connectivity index (χ1n) is 5.11. The summed E-state index contributed by atoms with van der Waals surface area (Å²) >= 11 is 0. The van der Waals surface area contributed by atoms with E-state index in [0.29, 0.717) is 6.42 Å². The average Bonchev–Trinajstić information content (AvgIpc) is 3.03. The van der Waals surface area contributed by atoms with E-state index in [1.807, 2.05) is 0 Å². The third-order valence-electron chi connectivity index (χ3n) is 2.81. The monoisotopic (exact) mass is 223 g/mol. The van der Waals surface area contributed by atoms with Crippen molar-refractivity contribution in [2.45, 2.75) is 12.5 Å². The largest absolute Gasteiger partial charge is 0.445 e. The van der Waals surface area contributed by atoms with Crippen LogP contribution in [0.25, 0.3) is 0 Å². The number of allylic oxidation sites excluding steroid dienone is 1. The van der Waals surface area contributed by atoms with Gasteiger partial charge >= 0.3 is 6.09 Å². The van der Waals surface area contributed by atoms with Crippen LogP contribution in [0.2, 0.25) is 0 Å². The zero-order valence-corrected chi connectivity index (χ0v) is 8.68. The number of carbonyl (C=O) groups is 2. The maximum atomic E-state index is 11.4. The lowest BCUT2D eigenvalue weighted by molar-refractivity contribution is -0.116. The molecule has 2 N–H and O–H groups in total. The fourth-order valence-corrected chi connectivity index (χ4v) is 1.87. The highest BCUT2D eigenvalue weighted by Crippen LogP contribution is 2.46. The van der Waals surface area contributed by atoms with Crippen LogP contribution >= 0.6 is 0 Å². The Morgan fingerprint density at radius 3 is 3.19 bits per heavy atom. The number of ether oxygens (including phenoxy) is 1. The zero-order chi connectivity index (χ0) is 11.7. The van der Waals surface area contributed by atoms with Crippen molar-refractivity contribution in [3.63, 3.8) is 0 Å². The minimum atomic E-state index is -0.765.